The predicted molar refractivity (Wildman–Crippen MR) is 37.3 cm³/mol. The minimum Gasteiger partial charge on any atom is -0.480 e. The first-order valence-electron chi connectivity index (χ1n) is 2.95. The van der Waals surface area contributed by atoms with E-state index in [0.29, 0.717) is 0 Å². The fourth-order valence-electron chi connectivity index (χ4n) is 0.511. The summed E-state index contributed by atoms with van der Waals surface area (Å²) in [5.74, 6) is -0.897. The average molecular weight is 147 g/mol. The van der Waals surface area contributed by atoms with Gasteiger partial charge in [0.1, 0.15) is 0 Å². The number of aliphatic carboxylic acids is 1. The maximum absolute atomic E-state index is 10.1. The van der Waals surface area contributed by atoms with Crippen molar-refractivity contribution in [2.75, 3.05) is 20.1 Å². The van der Waals surface area contributed by atoms with Gasteiger partial charge in [0.15, 0.2) is 0 Å². The third-order valence-corrected chi connectivity index (χ3v) is 1.19. The molecule has 5 nitrogen and oxygen atoms in total. The molecule has 0 aromatic rings. The highest BCUT2D eigenvalue weighted by Crippen LogP contribution is 1.84. The minimum atomic E-state index is -0.897. The Labute approximate surface area is 59.6 Å². The molecule has 0 rings (SSSR count). The van der Waals surface area contributed by atoms with Gasteiger partial charge in [-0.3, -0.25) is 9.69 Å². The minimum absolute atomic E-state index is 0.0711. The van der Waals surface area contributed by atoms with Crippen molar-refractivity contribution >= 4 is 5.97 Å². The van der Waals surface area contributed by atoms with Crippen molar-refractivity contribution in [3.05, 3.63) is 0 Å². The zero-order chi connectivity index (χ0) is 8.15. The first kappa shape index (κ1) is 9.35. The van der Waals surface area contributed by atoms with Crippen molar-refractivity contribution in [2.45, 2.75) is 6.17 Å². The van der Waals surface area contributed by atoms with Crippen LogP contribution < -0.4 is 11.5 Å². The van der Waals surface area contributed by atoms with E-state index in [1.54, 1.807) is 7.05 Å². The summed E-state index contributed by atoms with van der Waals surface area (Å²) < 4.78 is 0. The van der Waals surface area contributed by atoms with Crippen LogP contribution in [0.3, 0.4) is 0 Å². The van der Waals surface area contributed by atoms with Gasteiger partial charge in [-0.15, -0.1) is 0 Å². The summed E-state index contributed by atoms with van der Waals surface area (Å²) in [7, 11) is 1.62. The maximum atomic E-state index is 10.1. The molecule has 0 heterocycles. The third-order valence-electron chi connectivity index (χ3n) is 1.19. The summed E-state index contributed by atoms with van der Waals surface area (Å²) in [5.41, 5.74) is 10.6. The van der Waals surface area contributed by atoms with Gasteiger partial charge in [-0.05, 0) is 7.05 Å². The molecule has 10 heavy (non-hydrogen) atoms. The number of hydrogen-bond acceptors (Lipinski definition) is 4. The quantitative estimate of drug-likeness (QED) is 0.410. The van der Waals surface area contributed by atoms with Gasteiger partial charge in [-0.1, -0.05) is 0 Å². The van der Waals surface area contributed by atoms with Gasteiger partial charge in [-0.25, -0.2) is 0 Å². The molecule has 0 radical (unpaired) electrons. The van der Waals surface area contributed by atoms with Crippen LogP contribution in [0.5, 0.6) is 0 Å². The number of rotatable bonds is 4. The largest absolute Gasteiger partial charge is 0.480 e. The van der Waals surface area contributed by atoms with E-state index in [4.69, 9.17) is 16.6 Å². The van der Waals surface area contributed by atoms with E-state index in [-0.39, 0.29) is 19.3 Å². The van der Waals surface area contributed by atoms with Crippen LogP contribution in [0.15, 0.2) is 0 Å². The Kier molecular flexibility index (Phi) is 3.94. The number of hydrogen-bond donors (Lipinski definition) is 3. The summed E-state index contributed by atoms with van der Waals surface area (Å²) in [6.07, 6.45) is -0.365. The Balaban J connectivity index is 3.61. The van der Waals surface area contributed by atoms with Crippen LogP contribution in [-0.2, 0) is 4.79 Å². The Bertz CT molecular complexity index is 117. The number of carbonyl (C=O) groups is 1. The van der Waals surface area contributed by atoms with Gasteiger partial charge >= 0.3 is 5.97 Å². The standard InChI is InChI=1S/C5H13N3O2/c1-8(3-5(9)10)4(7)2-6/h4H,2-3,6-7H2,1H3,(H,9,10). The molecule has 0 spiro atoms. The Hall–Kier alpha value is -0.650. The van der Waals surface area contributed by atoms with Crippen LogP contribution in [0.4, 0.5) is 0 Å². The van der Waals surface area contributed by atoms with Crippen molar-refractivity contribution in [3.8, 4) is 0 Å². The molecule has 5 heteroatoms. The van der Waals surface area contributed by atoms with Crippen LogP contribution >= 0.6 is 0 Å². The van der Waals surface area contributed by atoms with Gasteiger partial charge in [-0.2, -0.15) is 0 Å². The molecule has 0 fully saturated rings. The van der Waals surface area contributed by atoms with Gasteiger partial charge in [0, 0.05) is 6.54 Å². The second kappa shape index (κ2) is 4.21. The molecule has 0 saturated carbocycles. The van der Waals surface area contributed by atoms with Crippen LogP contribution in [0, 0.1) is 0 Å². The zero-order valence-electron chi connectivity index (χ0n) is 5.95. The van der Waals surface area contributed by atoms with Crippen LogP contribution in [0.2, 0.25) is 0 Å². The molecule has 0 amide bonds. The molecule has 0 aliphatic carbocycles. The van der Waals surface area contributed by atoms with E-state index < -0.39 is 5.97 Å². The number of likely N-dealkylation sites (N-methyl/N-ethyl adjacent to an activating group) is 1. The molecule has 5 N–H and O–H groups in total. The van der Waals surface area contributed by atoms with Crippen molar-refractivity contribution in [1.29, 1.82) is 0 Å². The fourth-order valence-corrected chi connectivity index (χ4v) is 0.511. The summed E-state index contributed by atoms with van der Waals surface area (Å²) in [5, 5.41) is 8.29. The molecule has 1 atom stereocenters. The molecular formula is C5H13N3O2. The Morgan fingerprint density at radius 3 is 2.60 bits per heavy atom. The van der Waals surface area contributed by atoms with E-state index in [1.165, 1.54) is 4.90 Å². The number of carboxylic acids is 1. The maximum Gasteiger partial charge on any atom is 0.317 e. The van der Waals surface area contributed by atoms with Crippen LogP contribution in [-0.4, -0.2) is 42.3 Å². The van der Waals surface area contributed by atoms with E-state index in [2.05, 4.69) is 0 Å². The topological polar surface area (TPSA) is 92.6 Å². The molecule has 0 bridgehead atoms. The average Bonchev–Trinajstić information content (AvgIpc) is 1.85. The van der Waals surface area contributed by atoms with E-state index in [0.717, 1.165) is 0 Å². The lowest BCUT2D eigenvalue weighted by molar-refractivity contribution is -0.138. The highest BCUT2D eigenvalue weighted by Gasteiger charge is 2.09. The van der Waals surface area contributed by atoms with Gasteiger partial charge < -0.3 is 16.6 Å². The lowest BCUT2D eigenvalue weighted by Gasteiger charge is -2.20. The number of carboxylic acid groups (broad SMARTS) is 1. The van der Waals surface area contributed by atoms with Crippen molar-refractivity contribution < 1.29 is 9.90 Å². The summed E-state index contributed by atoms with van der Waals surface area (Å²) in [4.78, 5) is 11.6. The molecular weight excluding hydrogens is 134 g/mol. The third kappa shape index (κ3) is 3.39. The number of nitrogens with two attached hydrogens (primary N) is 2. The highest BCUT2D eigenvalue weighted by molar-refractivity contribution is 5.69. The highest BCUT2D eigenvalue weighted by atomic mass is 16.4. The predicted octanol–water partition coefficient (Wildman–Crippen LogP) is -1.75. The smallest absolute Gasteiger partial charge is 0.317 e. The SMILES string of the molecule is CN(CC(=O)O)C(N)CN. The monoisotopic (exact) mass is 147 g/mol. The molecule has 0 aromatic carbocycles. The van der Waals surface area contributed by atoms with E-state index >= 15 is 0 Å². The summed E-state index contributed by atoms with van der Waals surface area (Å²) in [6.45, 7) is 0.197. The van der Waals surface area contributed by atoms with Gasteiger partial charge in [0.2, 0.25) is 0 Å². The fraction of sp³-hybridized carbons (Fsp3) is 0.800. The normalized spacial score (nSPS) is 13.6. The first-order valence-corrected chi connectivity index (χ1v) is 2.95. The van der Waals surface area contributed by atoms with Crippen LogP contribution in [0.25, 0.3) is 0 Å². The van der Waals surface area contributed by atoms with Crippen molar-refractivity contribution in [3.63, 3.8) is 0 Å². The van der Waals surface area contributed by atoms with Gasteiger partial charge in [0.05, 0.1) is 12.7 Å². The zero-order valence-corrected chi connectivity index (χ0v) is 5.95. The summed E-state index contributed by atoms with van der Waals surface area (Å²) in [6, 6.07) is 0. The molecule has 60 valence electrons. The Morgan fingerprint density at radius 2 is 2.30 bits per heavy atom. The lowest BCUT2D eigenvalue weighted by atomic mass is 10.4. The van der Waals surface area contributed by atoms with Crippen molar-refractivity contribution in [2.24, 2.45) is 11.5 Å². The van der Waals surface area contributed by atoms with Crippen LogP contribution in [0.1, 0.15) is 0 Å². The molecule has 0 saturated heterocycles. The molecule has 1 unspecified atom stereocenters. The second-order valence-corrected chi connectivity index (χ2v) is 2.11. The molecule has 0 aliphatic rings. The second-order valence-electron chi connectivity index (χ2n) is 2.11. The summed E-state index contributed by atoms with van der Waals surface area (Å²) >= 11 is 0. The van der Waals surface area contributed by atoms with E-state index in [1.807, 2.05) is 0 Å². The lowest BCUT2D eigenvalue weighted by Crippen LogP contribution is -2.46. The van der Waals surface area contributed by atoms with E-state index in [9.17, 15) is 4.79 Å². The first-order chi connectivity index (χ1) is 4.57. The Morgan fingerprint density at radius 1 is 1.80 bits per heavy atom. The number of nitrogens with zero attached hydrogens (tertiary/aromatic N) is 1. The van der Waals surface area contributed by atoms with Gasteiger partial charge in [0.25, 0.3) is 0 Å². The molecule has 0 aliphatic heterocycles. The molecule has 0 aromatic heterocycles. The van der Waals surface area contributed by atoms with Crippen molar-refractivity contribution in [1.82, 2.24) is 4.90 Å².